The number of fused-ring (bicyclic) bond motifs is 2. The van der Waals surface area contributed by atoms with E-state index in [4.69, 9.17) is 14.7 Å². The third-order valence-electron chi connectivity index (χ3n) is 11.2. The Labute approximate surface area is 319 Å². The summed E-state index contributed by atoms with van der Waals surface area (Å²) in [5.41, 5.74) is 5.43. The first-order valence-corrected chi connectivity index (χ1v) is 19.3. The van der Waals surface area contributed by atoms with Crippen molar-refractivity contribution in [2.75, 3.05) is 25.0 Å². The number of hydrogen-bond acceptors (Lipinski definition) is 10. The number of ether oxygens (including phenoxy) is 1. The third-order valence-corrected chi connectivity index (χ3v) is 11.2. The molecular weight excluding hydrogens is 701 g/mol. The Kier molecular flexibility index (Phi) is 9.60. The van der Waals surface area contributed by atoms with Gasteiger partial charge in [0.1, 0.15) is 11.6 Å². The van der Waals surface area contributed by atoms with Gasteiger partial charge in [-0.3, -0.25) is 39.1 Å². The number of imide groups is 2. The molecule has 5 amide bonds. The van der Waals surface area contributed by atoms with Gasteiger partial charge in [-0.1, -0.05) is 12.1 Å². The number of aromatic nitrogens is 4. The van der Waals surface area contributed by atoms with E-state index in [0.29, 0.717) is 31.0 Å². The van der Waals surface area contributed by atoms with Crippen LogP contribution in [-0.2, 0) is 14.3 Å². The van der Waals surface area contributed by atoms with Crippen LogP contribution < -0.4 is 10.6 Å². The molecule has 1 aliphatic carbocycles. The Hall–Kier alpha value is -5.66. The first kappa shape index (κ1) is 36.3. The third kappa shape index (κ3) is 7.41. The standard InChI is InChI=1S/C41H46N8O6/c1-41(2,3)55-40(54)47-16-13-25(14-17-47)29-7-4-8-32-36(29)43-22-33(45-32)26-21-44-48(23-26)28-18-24(19-28)6-5-15-42-27-9-10-30-31(20-27)39(53)49(38(30)52)34-11-12-35(50)46-37(34)51/h4,7-10,20-25,28,34,42H,5-6,11-19H2,1-3H3,(H,46,50,51). The van der Waals surface area contributed by atoms with E-state index in [0.717, 1.165) is 77.9 Å². The van der Waals surface area contributed by atoms with E-state index < -0.39 is 35.3 Å². The second kappa shape index (κ2) is 14.5. The highest BCUT2D eigenvalue weighted by atomic mass is 16.6. The minimum Gasteiger partial charge on any atom is -0.444 e. The van der Waals surface area contributed by atoms with Crippen molar-refractivity contribution in [3.63, 3.8) is 0 Å². The van der Waals surface area contributed by atoms with Crippen molar-refractivity contribution in [3.8, 4) is 11.3 Å². The molecule has 5 heterocycles. The number of nitrogens with one attached hydrogen (secondary N) is 2. The Bertz CT molecular complexity index is 2180. The Morgan fingerprint density at radius 3 is 2.53 bits per heavy atom. The number of likely N-dealkylation sites (tertiary alicyclic amines) is 1. The van der Waals surface area contributed by atoms with Gasteiger partial charge in [0.2, 0.25) is 11.8 Å². The van der Waals surface area contributed by atoms with Crippen molar-refractivity contribution in [2.24, 2.45) is 5.92 Å². The zero-order valence-corrected chi connectivity index (χ0v) is 31.4. The van der Waals surface area contributed by atoms with Crippen LogP contribution in [0.1, 0.15) is 110 Å². The van der Waals surface area contributed by atoms with E-state index in [2.05, 4.69) is 28.0 Å². The molecule has 0 radical (unpaired) electrons. The normalized spacial score (nSPS) is 21.8. The van der Waals surface area contributed by atoms with Gasteiger partial charge in [-0.15, -0.1) is 0 Å². The molecule has 3 aliphatic heterocycles. The van der Waals surface area contributed by atoms with Crippen LogP contribution in [0.5, 0.6) is 0 Å². The largest absolute Gasteiger partial charge is 0.444 e. The quantitative estimate of drug-likeness (QED) is 0.157. The minimum absolute atomic E-state index is 0.0889. The van der Waals surface area contributed by atoms with Crippen molar-refractivity contribution in [1.82, 2.24) is 34.9 Å². The molecular formula is C41H46N8O6. The van der Waals surface area contributed by atoms with Gasteiger partial charge in [0.05, 0.1) is 46.3 Å². The SMILES string of the molecule is CC(C)(C)OC(=O)N1CCC(c2cccc3nc(-c4cnn(C5CC(CCCNc6ccc7c(c6)C(=O)N(C6CCC(=O)NC6=O)C7=O)C5)c4)cnc23)CC1. The van der Waals surface area contributed by atoms with Gasteiger partial charge in [0, 0.05) is 43.5 Å². The number of benzene rings is 2. The fourth-order valence-electron chi connectivity index (χ4n) is 8.26. The van der Waals surface area contributed by atoms with E-state index in [9.17, 15) is 24.0 Å². The summed E-state index contributed by atoms with van der Waals surface area (Å²) in [5.74, 6) is -1.13. The maximum atomic E-state index is 13.1. The first-order valence-electron chi connectivity index (χ1n) is 19.3. The smallest absolute Gasteiger partial charge is 0.410 e. The van der Waals surface area contributed by atoms with Gasteiger partial charge < -0.3 is 15.0 Å². The molecule has 8 rings (SSSR count). The molecule has 4 aromatic rings. The molecule has 2 aromatic heterocycles. The Morgan fingerprint density at radius 2 is 1.76 bits per heavy atom. The number of hydrogen-bond donors (Lipinski definition) is 2. The molecule has 0 bridgehead atoms. The van der Waals surface area contributed by atoms with Gasteiger partial charge in [0.25, 0.3) is 11.8 Å². The lowest BCUT2D eigenvalue weighted by Crippen LogP contribution is -2.54. The second-order valence-corrected chi connectivity index (χ2v) is 16.2. The highest BCUT2D eigenvalue weighted by Crippen LogP contribution is 2.41. The molecule has 55 heavy (non-hydrogen) atoms. The molecule has 1 saturated carbocycles. The summed E-state index contributed by atoms with van der Waals surface area (Å²) in [7, 11) is 0. The summed E-state index contributed by atoms with van der Waals surface area (Å²) in [6.07, 6.45) is 11.5. The van der Waals surface area contributed by atoms with Crippen LogP contribution in [0.15, 0.2) is 55.0 Å². The van der Waals surface area contributed by atoms with Gasteiger partial charge in [-0.05, 0) is 107 Å². The molecule has 14 nitrogen and oxygen atoms in total. The molecule has 2 saturated heterocycles. The first-order chi connectivity index (χ1) is 26.4. The van der Waals surface area contributed by atoms with Gasteiger partial charge in [-0.2, -0.15) is 5.10 Å². The van der Waals surface area contributed by atoms with E-state index >= 15 is 0 Å². The van der Waals surface area contributed by atoms with Crippen LogP contribution in [0.2, 0.25) is 0 Å². The van der Waals surface area contributed by atoms with Crippen molar-refractivity contribution in [3.05, 3.63) is 71.7 Å². The number of anilines is 1. The second-order valence-electron chi connectivity index (χ2n) is 16.2. The number of carbonyl (C=O) groups is 5. The van der Waals surface area contributed by atoms with E-state index in [1.807, 2.05) is 50.0 Å². The van der Waals surface area contributed by atoms with E-state index in [-0.39, 0.29) is 30.1 Å². The zero-order chi connectivity index (χ0) is 38.4. The van der Waals surface area contributed by atoms with E-state index in [1.165, 1.54) is 5.56 Å². The van der Waals surface area contributed by atoms with Crippen molar-refractivity contribution in [1.29, 1.82) is 0 Å². The number of amides is 5. The van der Waals surface area contributed by atoms with Crippen molar-refractivity contribution < 1.29 is 28.7 Å². The van der Waals surface area contributed by atoms with Crippen LogP contribution in [0.3, 0.4) is 0 Å². The Balaban J connectivity index is 0.805. The molecule has 0 spiro atoms. The van der Waals surface area contributed by atoms with E-state index in [1.54, 1.807) is 23.1 Å². The van der Waals surface area contributed by atoms with Crippen LogP contribution in [0.4, 0.5) is 10.5 Å². The maximum Gasteiger partial charge on any atom is 0.410 e. The topological polar surface area (TPSA) is 169 Å². The van der Waals surface area contributed by atoms with Crippen LogP contribution in [0, 0.1) is 5.92 Å². The predicted octanol–water partition coefficient (Wildman–Crippen LogP) is 5.85. The number of nitrogens with zero attached hydrogens (tertiary/aromatic N) is 6. The van der Waals surface area contributed by atoms with Crippen LogP contribution in [0.25, 0.3) is 22.3 Å². The van der Waals surface area contributed by atoms with Gasteiger partial charge in [0.15, 0.2) is 0 Å². The summed E-state index contributed by atoms with van der Waals surface area (Å²) in [4.78, 5) is 75.2. The summed E-state index contributed by atoms with van der Waals surface area (Å²) in [6.45, 7) is 7.68. The molecule has 3 fully saturated rings. The molecule has 2 N–H and O–H groups in total. The summed E-state index contributed by atoms with van der Waals surface area (Å²) < 4.78 is 7.62. The Morgan fingerprint density at radius 1 is 0.982 bits per heavy atom. The number of para-hydroxylation sites is 1. The monoisotopic (exact) mass is 746 g/mol. The van der Waals surface area contributed by atoms with Crippen LogP contribution in [-0.4, -0.2) is 90.5 Å². The lowest BCUT2D eigenvalue weighted by atomic mass is 9.77. The lowest BCUT2D eigenvalue weighted by Gasteiger charge is -2.35. The molecule has 2 aromatic carbocycles. The molecule has 1 unspecified atom stereocenters. The predicted molar refractivity (Wildman–Crippen MR) is 203 cm³/mol. The lowest BCUT2D eigenvalue weighted by molar-refractivity contribution is -0.136. The highest BCUT2D eigenvalue weighted by Gasteiger charge is 2.44. The maximum absolute atomic E-state index is 13.1. The number of rotatable bonds is 9. The van der Waals surface area contributed by atoms with Crippen LogP contribution >= 0.6 is 0 Å². The zero-order valence-electron chi connectivity index (χ0n) is 31.4. The minimum atomic E-state index is -0.975. The fourth-order valence-corrected chi connectivity index (χ4v) is 8.26. The van der Waals surface area contributed by atoms with Crippen molar-refractivity contribution >= 4 is 46.4 Å². The van der Waals surface area contributed by atoms with Gasteiger partial charge >= 0.3 is 6.09 Å². The summed E-state index contributed by atoms with van der Waals surface area (Å²) >= 11 is 0. The average molecular weight is 747 g/mol. The summed E-state index contributed by atoms with van der Waals surface area (Å²) in [6, 6.07) is 10.6. The fraction of sp³-hybridized carbons (Fsp3) is 0.463. The number of piperidine rings is 2. The number of carbonyl (C=O) groups excluding carboxylic acids is 5. The average Bonchev–Trinajstić information content (AvgIpc) is 3.72. The van der Waals surface area contributed by atoms with Gasteiger partial charge in [-0.25, -0.2) is 9.78 Å². The molecule has 4 aliphatic rings. The molecule has 286 valence electrons. The molecule has 14 heteroatoms. The van der Waals surface area contributed by atoms with Crippen molar-refractivity contribution in [2.45, 2.75) is 95.7 Å². The molecule has 1 atom stereocenters. The summed E-state index contributed by atoms with van der Waals surface area (Å²) in [5, 5.41) is 10.3. The highest BCUT2D eigenvalue weighted by molar-refractivity contribution is 6.23.